The standard InChI is InChI=1S/C12H20O4/c1-14-11-9-6-3-4-7(8(13)5-6)10(9)12(15-2)16-11/h6-13H,3-5H2,1-2H3/t6-,7-,8-,9+,10+,11+,12-/m0/s1. The highest BCUT2D eigenvalue weighted by Crippen LogP contribution is 2.55. The third kappa shape index (κ3) is 1.37. The van der Waals surface area contributed by atoms with Crippen molar-refractivity contribution >= 4 is 0 Å². The Morgan fingerprint density at radius 3 is 2.38 bits per heavy atom. The summed E-state index contributed by atoms with van der Waals surface area (Å²) < 4.78 is 16.6. The van der Waals surface area contributed by atoms with Gasteiger partial charge in [0, 0.05) is 26.1 Å². The number of hydrogen-bond acceptors (Lipinski definition) is 4. The van der Waals surface area contributed by atoms with Gasteiger partial charge in [0.1, 0.15) is 0 Å². The second-order valence-electron chi connectivity index (χ2n) is 5.30. The van der Waals surface area contributed by atoms with Crippen LogP contribution in [-0.4, -0.2) is 38.0 Å². The highest BCUT2D eigenvalue weighted by atomic mass is 16.8. The first kappa shape index (κ1) is 11.0. The summed E-state index contributed by atoms with van der Waals surface area (Å²) in [6, 6.07) is 0. The van der Waals surface area contributed by atoms with Gasteiger partial charge in [0.15, 0.2) is 12.6 Å². The fourth-order valence-corrected chi connectivity index (χ4v) is 4.13. The monoisotopic (exact) mass is 228 g/mol. The lowest BCUT2D eigenvalue weighted by Gasteiger charge is -2.49. The molecule has 4 heteroatoms. The molecule has 1 heterocycles. The number of ether oxygens (including phenoxy) is 3. The van der Waals surface area contributed by atoms with Gasteiger partial charge in [-0.05, 0) is 31.1 Å². The molecule has 7 atom stereocenters. The first-order valence-corrected chi connectivity index (χ1v) is 6.15. The second-order valence-corrected chi connectivity index (χ2v) is 5.30. The Labute approximate surface area is 95.9 Å². The van der Waals surface area contributed by atoms with Crippen molar-refractivity contribution in [1.29, 1.82) is 0 Å². The summed E-state index contributed by atoms with van der Waals surface area (Å²) in [4.78, 5) is 0. The van der Waals surface area contributed by atoms with Crippen LogP contribution < -0.4 is 0 Å². The smallest absolute Gasteiger partial charge is 0.163 e. The van der Waals surface area contributed by atoms with E-state index in [1.807, 2.05) is 0 Å². The highest BCUT2D eigenvalue weighted by molar-refractivity contribution is 5.02. The summed E-state index contributed by atoms with van der Waals surface area (Å²) in [6.45, 7) is 0. The van der Waals surface area contributed by atoms with Crippen molar-refractivity contribution in [2.24, 2.45) is 23.7 Å². The maximum atomic E-state index is 10.1. The van der Waals surface area contributed by atoms with Gasteiger partial charge in [0.2, 0.25) is 0 Å². The lowest BCUT2D eigenvalue weighted by Crippen LogP contribution is -2.50. The van der Waals surface area contributed by atoms with Crippen LogP contribution in [0.5, 0.6) is 0 Å². The molecule has 0 unspecified atom stereocenters. The number of aliphatic hydroxyl groups excluding tert-OH is 1. The molecule has 0 aromatic heterocycles. The van der Waals surface area contributed by atoms with Gasteiger partial charge in [-0.25, -0.2) is 0 Å². The minimum atomic E-state index is -0.197. The van der Waals surface area contributed by atoms with E-state index in [0.29, 0.717) is 23.7 Å². The van der Waals surface area contributed by atoms with Crippen LogP contribution in [-0.2, 0) is 14.2 Å². The molecule has 1 N–H and O–H groups in total. The van der Waals surface area contributed by atoms with E-state index in [4.69, 9.17) is 14.2 Å². The molecule has 4 fully saturated rings. The highest BCUT2D eigenvalue weighted by Gasteiger charge is 2.58. The molecule has 0 aromatic rings. The van der Waals surface area contributed by atoms with Crippen LogP contribution in [0.25, 0.3) is 0 Å². The molecule has 0 amide bonds. The maximum Gasteiger partial charge on any atom is 0.163 e. The van der Waals surface area contributed by atoms with E-state index in [0.717, 1.165) is 12.8 Å². The lowest BCUT2D eigenvalue weighted by atomic mass is 9.58. The largest absolute Gasteiger partial charge is 0.393 e. The van der Waals surface area contributed by atoms with E-state index in [1.165, 1.54) is 6.42 Å². The van der Waals surface area contributed by atoms with Crippen LogP contribution in [0.15, 0.2) is 0 Å². The summed E-state index contributed by atoms with van der Waals surface area (Å²) in [6.07, 6.45) is 2.70. The molecule has 3 aliphatic carbocycles. The van der Waals surface area contributed by atoms with Crippen molar-refractivity contribution in [3.8, 4) is 0 Å². The zero-order valence-corrected chi connectivity index (χ0v) is 9.83. The Morgan fingerprint density at radius 1 is 1.06 bits per heavy atom. The first-order chi connectivity index (χ1) is 7.76. The third-order valence-corrected chi connectivity index (χ3v) is 4.75. The Bertz CT molecular complexity index is 270. The van der Waals surface area contributed by atoms with E-state index >= 15 is 0 Å². The van der Waals surface area contributed by atoms with Crippen molar-refractivity contribution in [1.82, 2.24) is 0 Å². The maximum absolute atomic E-state index is 10.1. The van der Waals surface area contributed by atoms with Gasteiger partial charge in [-0.1, -0.05) is 0 Å². The molecule has 0 spiro atoms. The minimum absolute atomic E-state index is 0.143. The summed E-state index contributed by atoms with van der Waals surface area (Å²) >= 11 is 0. The number of fused-ring (bicyclic) bond motifs is 2. The SMILES string of the molecule is CO[C@H]1O[C@@H](OC)[C@@H]2[C@H]3CC[C@H]([C@@H]12)[C@@H](O)C3. The Balaban J connectivity index is 1.89. The Hall–Kier alpha value is -0.160. The van der Waals surface area contributed by atoms with Crippen molar-refractivity contribution in [2.75, 3.05) is 14.2 Å². The van der Waals surface area contributed by atoms with E-state index in [2.05, 4.69) is 0 Å². The van der Waals surface area contributed by atoms with Crippen LogP contribution in [0.1, 0.15) is 19.3 Å². The molecule has 4 aliphatic rings. The zero-order chi connectivity index (χ0) is 11.3. The van der Waals surface area contributed by atoms with Gasteiger partial charge < -0.3 is 19.3 Å². The van der Waals surface area contributed by atoms with Crippen molar-refractivity contribution in [2.45, 2.75) is 37.9 Å². The second kappa shape index (κ2) is 3.95. The molecule has 1 aliphatic heterocycles. The van der Waals surface area contributed by atoms with E-state index in [9.17, 15) is 5.11 Å². The molecule has 0 aromatic carbocycles. The van der Waals surface area contributed by atoms with Crippen LogP contribution in [0.2, 0.25) is 0 Å². The number of rotatable bonds is 2. The molecule has 4 rings (SSSR count). The summed E-state index contributed by atoms with van der Waals surface area (Å²) in [5.41, 5.74) is 0. The Kier molecular flexibility index (Phi) is 2.70. The fourth-order valence-electron chi connectivity index (χ4n) is 4.13. The molecule has 0 radical (unpaired) electrons. The van der Waals surface area contributed by atoms with Crippen LogP contribution in [0.4, 0.5) is 0 Å². The zero-order valence-electron chi connectivity index (χ0n) is 9.83. The molecule has 16 heavy (non-hydrogen) atoms. The van der Waals surface area contributed by atoms with Crippen molar-refractivity contribution in [3.63, 3.8) is 0 Å². The molecule has 3 saturated carbocycles. The van der Waals surface area contributed by atoms with Gasteiger partial charge in [-0.15, -0.1) is 0 Å². The predicted octanol–water partition coefficient (Wildman–Crippen LogP) is 0.985. The molecular formula is C12H20O4. The van der Waals surface area contributed by atoms with Gasteiger partial charge in [0.25, 0.3) is 0 Å². The number of aliphatic hydroxyl groups is 1. The lowest BCUT2D eigenvalue weighted by molar-refractivity contribution is -0.199. The predicted molar refractivity (Wildman–Crippen MR) is 56.5 cm³/mol. The first-order valence-electron chi connectivity index (χ1n) is 6.15. The molecular weight excluding hydrogens is 208 g/mol. The molecule has 1 saturated heterocycles. The van der Waals surface area contributed by atoms with Gasteiger partial charge in [-0.3, -0.25) is 0 Å². The number of methoxy groups -OCH3 is 2. The molecule has 2 bridgehead atoms. The molecule has 4 nitrogen and oxygen atoms in total. The molecule has 92 valence electrons. The van der Waals surface area contributed by atoms with E-state index in [1.54, 1.807) is 14.2 Å². The minimum Gasteiger partial charge on any atom is -0.393 e. The van der Waals surface area contributed by atoms with Gasteiger partial charge in [-0.2, -0.15) is 0 Å². The topological polar surface area (TPSA) is 47.9 Å². The van der Waals surface area contributed by atoms with Crippen LogP contribution in [0, 0.1) is 23.7 Å². The average molecular weight is 228 g/mol. The van der Waals surface area contributed by atoms with Crippen LogP contribution in [0.3, 0.4) is 0 Å². The van der Waals surface area contributed by atoms with Crippen molar-refractivity contribution < 1.29 is 19.3 Å². The van der Waals surface area contributed by atoms with E-state index < -0.39 is 0 Å². The normalized spacial score (nSPS) is 55.3. The van der Waals surface area contributed by atoms with Gasteiger partial charge >= 0.3 is 0 Å². The number of hydrogen-bond donors (Lipinski definition) is 1. The van der Waals surface area contributed by atoms with E-state index in [-0.39, 0.29) is 18.7 Å². The summed E-state index contributed by atoms with van der Waals surface area (Å²) in [5, 5.41) is 10.1. The van der Waals surface area contributed by atoms with Crippen molar-refractivity contribution in [3.05, 3.63) is 0 Å². The fraction of sp³-hybridized carbons (Fsp3) is 1.00. The summed E-state index contributed by atoms with van der Waals surface area (Å²) in [7, 11) is 3.37. The quantitative estimate of drug-likeness (QED) is 0.765. The average Bonchev–Trinajstić information content (AvgIpc) is 2.69. The van der Waals surface area contributed by atoms with Crippen LogP contribution >= 0.6 is 0 Å². The van der Waals surface area contributed by atoms with Gasteiger partial charge in [0.05, 0.1) is 6.10 Å². The third-order valence-electron chi connectivity index (χ3n) is 4.75. The summed E-state index contributed by atoms with van der Waals surface area (Å²) in [5.74, 6) is 1.60. The Morgan fingerprint density at radius 2 is 1.75 bits per heavy atom.